The molecule has 0 bridgehead atoms. The first-order valence-electron chi connectivity index (χ1n) is 7.90. The average Bonchev–Trinajstić information content (AvgIpc) is 2.97. The highest BCUT2D eigenvalue weighted by molar-refractivity contribution is 5.25. The van der Waals surface area contributed by atoms with E-state index >= 15 is 0 Å². The van der Waals surface area contributed by atoms with Crippen LogP contribution < -0.4 is 5.32 Å². The summed E-state index contributed by atoms with van der Waals surface area (Å²) in [5.74, 6) is 0.666. The fourth-order valence-electron chi connectivity index (χ4n) is 3.18. The van der Waals surface area contributed by atoms with E-state index in [1.807, 2.05) is 0 Å². The van der Waals surface area contributed by atoms with E-state index in [9.17, 15) is 13.2 Å². The van der Waals surface area contributed by atoms with Gasteiger partial charge in [0.15, 0.2) is 0 Å². The van der Waals surface area contributed by atoms with Gasteiger partial charge in [-0.3, -0.25) is 0 Å². The highest BCUT2D eigenvalue weighted by Gasteiger charge is 2.30. The Bertz CT molecular complexity index is 419. The van der Waals surface area contributed by atoms with Crippen LogP contribution in [-0.2, 0) is 12.6 Å². The standard InChI is InChI=1S/C17H24F3N/c1-2-11-21-16(14-5-3-4-6-14)12-13-7-9-15(10-8-13)17(18,19)20/h7-10,14,16,21H,2-6,11-12H2,1H3. The van der Waals surface area contributed by atoms with Gasteiger partial charge in [-0.05, 0) is 55.8 Å². The van der Waals surface area contributed by atoms with E-state index in [0.29, 0.717) is 12.0 Å². The maximum atomic E-state index is 12.6. The van der Waals surface area contributed by atoms with Crippen LogP contribution in [0.25, 0.3) is 0 Å². The first-order valence-corrected chi connectivity index (χ1v) is 7.90. The van der Waals surface area contributed by atoms with Gasteiger partial charge in [0.05, 0.1) is 5.56 Å². The third kappa shape index (κ3) is 4.73. The van der Waals surface area contributed by atoms with Crippen molar-refractivity contribution in [2.75, 3.05) is 6.54 Å². The van der Waals surface area contributed by atoms with Crippen LogP contribution in [0, 0.1) is 5.92 Å². The molecule has 21 heavy (non-hydrogen) atoms. The molecule has 1 unspecified atom stereocenters. The lowest BCUT2D eigenvalue weighted by molar-refractivity contribution is -0.137. The molecule has 4 heteroatoms. The fourth-order valence-corrected chi connectivity index (χ4v) is 3.18. The van der Waals surface area contributed by atoms with Gasteiger partial charge in [0.25, 0.3) is 0 Å². The van der Waals surface area contributed by atoms with Crippen molar-refractivity contribution >= 4 is 0 Å². The van der Waals surface area contributed by atoms with E-state index < -0.39 is 11.7 Å². The lowest BCUT2D eigenvalue weighted by Crippen LogP contribution is -2.37. The van der Waals surface area contributed by atoms with Crippen molar-refractivity contribution in [2.45, 2.75) is 57.7 Å². The second kappa shape index (κ2) is 7.30. The van der Waals surface area contributed by atoms with Crippen LogP contribution in [0.15, 0.2) is 24.3 Å². The summed E-state index contributed by atoms with van der Waals surface area (Å²) in [5.41, 5.74) is 0.425. The Hall–Kier alpha value is -1.03. The summed E-state index contributed by atoms with van der Waals surface area (Å²) in [6.45, 7) is 3.11. The fraction of sp³-hybridized carbons (Fsp3) is 0.647. The zero-order valence-corrected chi connectivity index (χ0v) is 12.5. The van der Waals surface area contributed by atoms with Gasteiger partial charge in [-0.1, -0.05) is 31.9 Å². The molecule has 1 nitrogen and oxygen atoms in total. The lowest BCUT2D eigenvalue weighted by Gasteiger charge is -2.25. The largest absolute Gasteiger partial charge is 0.416 e. The number of hydrogen-bond donors (Lipinski definition) is 1. The molecule has 1 aliphatic rings. The summed E-state index contributed by atoms with van der Waals surface area (Å²) in [4.78, 5) is 0. The molecule has 1 aromatic rings. The summed E-state index contributed by atoms with van der Waals surface area (Å²) in [6, 6.07) is 6.03. The van der Waals surface area contributed by atoms with Crippen molar-refractivity contribution in [1.82, 2.24) is 5.32 Å². The van der Waals surface area contributed by atoms with Crippen molar-refractivity contribution in [3.8, 4) is 0 Å². The van der Waals surface area contributed by atoms with Crippen LogP contribution in [0.1, 0.15) is 50.2 Å². The van der Waals surface area contributed by atoms with Gasteiger partial charge in [-0.2, -0.15) is 13.2 Å². The quantitative estimate of drug-likeness (QED) is 0.795. The average molecular weight is 299 g/mol. The predicted molar refractivity (Wildman–Crippen MR) is 79.2 cm³/mol. The predicted octanol–water partition coefficient (Wildman–Crippen LogP) is 4.81. The van der Waals surface area contributed by atoms with Gasteiger partial charge in [-0.25, -0.2) is 0 Å². The normalized spacial score (nSPS) is 18.1. The zero-order valence-electron chi connectivity index (χ0n) is 12.5. The molecule has 1 N–H and O–H groups in total. The first-order chi connectivity index (χ1) is 10.0. The number of rotatable bonds is 6. The Morgan fingerprint density at radius 2 is 1.76 bits per heavy atom. The van der Waals surface area contributed by atoms with Crippen molar-refractivity contribution in [3.05, 3.63) is 35.4 Å². The Labute approximate surface area is 124 Å². The number of nitrogens with one attached hydrogen (secondary N) is 1. The maximum Gasteiger partial charge on any atom is 0.416 e. The Morgan fingerprint density at radius 3 is 2.29 bits per heavy atom. The van der Waals surface area contributed by atoms with Gasteiger partial charge >= 0.3 is 6.18 Å². The molecule has 1 aliphatic carbocycles. The molecular weight excluding hydrogens is 275 g/mol. The van der Waals surface area contributed by atoms with Gasteiger partial charge in [0.1, 0.15) is 0 Å². The topological polar surface area (TPSA) is 12.0 Å². The summed E-state index contributed by atoms with van der Waals surface area (Å²) in [7, 11) is 0. The van der Waals surface area contributed by atoms with Crippen molar-refractivity contribution in [3.63, 3.8) is 0 Å². The van der Waals surface area contributed by atoms with E-state index in [4.69, 9.17) is 0 Å². The van der Waals surface area contributed by atoms with Crippen molar-refractivity contribution in [2.24, 2.45) is 5.92 Å². The van der Waals surface area contributed by atoms with Crippen LogP contribution in [0.5, 0.6) is 0 Å². The molecule has 0 aromatic heterocycles. The van der Waals surface area contributed by atoms with Gasteiger partial charge in [0, 0.05) is 6.04 Å². The number of hydrogen-bond acceptors (Lipinski definition) is 1. The Balaban J connectivity index is 2.01. The first kappa shape index (κ1) is 16.3. The highest BCUT2D eigenvalue weighted by Crippen LogP contribution is 2.31. The second-order valence-corrected chi connectivity index (χ2v) is 6.00. The van der Waals surface area contributed by atoms with Crippen molar-refractivity contribution < 1.29 is 13.2 Å². The van der Waals surface area contributed by atoms with Crippen LogP contribution in [0.4, 0.5) is 13.2 Å². The van der Waals surface area contributed by atoms with Gasteiger partial charge in [-0.15, -0.1) is 0 Å². The highest BCUT2D eigenvalue weighted by atomic mass is 19.4. The zero-order chi connectivity index (χ0) is 15.3. The molecule has 0 radical (unpaired) electrons. The van der Waals surface area contributed by atoms with Crippen LogP contribution >= 0.6 is 0 Å². The summed E-state index contributed by atoms with van der Waals surface area (Å²) in [5, 5.41) is 3.58. The van der Waals surface area contributed by atoms with E-state index in [1.165, 1.54) is 37.8 Å². The molecule has 0 saturated heterocycles. The molecule has 0 aliphatic heterocycles. The van der Waals surface area contributed by atoms with Crippen LogP contribution in [0.3, 0.4) is 0 Å². The SMILES string of the molecule is CCCNC(Cc1ccc(C(F)(F)F)cc1)C1CCCC1. The van der Waals surface area contributed by atoms with E-state index in [-0.39, 0.29) is 0 Å². The summed E-state index contributed by atoms with van der Waals surface area (Å²) >= 11 is 0. The number of halogens is 3. The molecule has 1 fully saturated rings. The smallest absolute Gasteiger partial charge is 0.313 e. The molecule has 1 atom stereocenters. The molecule has 1 aromatic carbocycles. The second-order valence-electron chi connectivity index (χ2n) is 6.00. The number of alkyl halides is 3. The van der Waals surface area contributed by atoms with E-state index in [1.54, 1.807) is 12.1 Å². The molecule has 0 heterocycles. The molecule has 1 saturated carbocycles. The summed E-state index contributed by atoms with van der Waals surface area (Å²) in [6.07, 6.45) is 2.69. The Kier molecular flexibility index (Phi) is 5.68. The van der Waals surface area contributed by atoms with Gasteiger partial charge in [0.2, 0.25) is 0 Å². The molecule has 118 valence electrons. The van der Waals surface area contributed by atoms with Crippen molar-refractivity contribution in [1.29, 1.82) is 0 Å². The number of benzene rings is 1. The van der Waals surface area contributed by atoms with Crippen LogP contribution in [0.2, 0.25) is 0 Å². The minimum atomic E-state index is -4.25. The minimum absolute atomic E-state index is 0.393. The van der Waals surface area contributed by atoms with Gasteiger partial charge < -0.3 is 5.32 Å². The molecular formula is C17H24F3N. The molecule has 0 amide bonds. The minimum Gasteiger partial charge on any atom is -0.313 e. The third-order valence-electron chi connectivity index (χ3n) is 4.36. The van der Waals surface area contributed by atoms with Crippen LogP contribution in [-0.4, -0.2) is 12.6 Å². The lowest BCUT2D eigenvalue weighted by atomic mass is 9.91. The Morgan fingerprint density at radius 1 is 1.14 bits per heavy atom. The van der Waals surface area contributed by atoms with E-state index in [2.05, 4.69) is 12.2 Å². The third-order valence-corrected chi connectivity index (χ3v) is 4.36. The summed E-state index contributed by atoms with van der Waals surface area (Å²) < 4.78 is 37.7. The molecule has 2 rings (SSSR count). The molecule has 0 spiro atoms. The van der Waals surface area contributed by atoms with E-state index in [0.717, 1.165) is 24.9 Å². The maximum absolute atomic E-state index is 12.6. The monoisotopic (exact) mass is 299 g/mol.